The van der Waals surface area contributed by atoms with E-state index >= 15 is 0 Å². The molecule has 0 N–H and O–H groups in total. The van der Waals surface area contributed by atoms with E-state index in [4.69, 9.17) is 16.3 Å². The summed E-state index contributed by atoms with van der Waals surface area (Å²) in [6, 6.07) is 5.70. The minimum Gasteiger partial charge on any atom is -0.495 e. The van der Waals surface area contributed by atoms with Crippen LogP contribution in [0.2, 0.25) is 5.28 Å². The molecule has 0 bridgehead atoms. The van der Waals surface area contributed by atoms with E-state index in [9.17, 15) is 0 Å². The Bertz CT molecular complexity index is 542. The molecule has 1 aromatic carbocycles. The van der Waals surface area contributed by atoms with Crippen LogP contribution in [-0.2, 0) is 6.42 Å². The van der Waals surface area contributed by atoms with Gasteiger partial charge in [-0.2, -0.15) is 0 Å². The maximum atomic E-state index is 6.06. The van der Waals surface area contributed by atoms with E-state index in [-0.39, 0.29) is 0 Å². The second kappa shape index (κ2) is 5.06. The van der Waals surface area contributed by atoms with E-state index in [2.05, 4.69) is 26.1 Å². The average molecular weight is 317 g/mol. The number of benzene rings is 1. The summed E-state index contributed by atoms with van der Waals surface area (Å²) in [4.78, 5) is 0. The fourth-order valence-corrected chi connectivity index (χ4v) is 2.18. The van der Waals surface area contributed by atoms with Crippen LogP contribution in [0.5, 0.6) is 5.75 Å². The number of nitrogens with zero attached hydrogens (tertiary/aromatic N) is 3. The summed E-state index contributed by atoms with van der Waals surface area (Å²) >= 11 is 9.49. The van der Waals surface area contributed by atoms with Crippen molar-refractivity contribution in [2.45, 2.75) is 13.3 Å². The van der Waals surface area contributed by atoms with Crippen molar-refractivity contribution in [3.8, 4) is 11.4 Å². The topological polar surface area (TPSA) is 39.9 Å². The lowest BCUT2D eigenvalue weighted by molar-refractivity contribution is 0.412. The lowest BCUT2D eigenvalue weighted by atomic mass is 10.3. The van der Waals surface area contributed by atoms with Crippen molar-refractivity contribution in [2.75, 3.05) is 7.11 Å². The van der Waals surface area contributed by atoms with Gasteiger partial charge in [-0.1, -0.05) is 22.9 Å². The molecule has 0 unspecified atom stereocenters. The largest absolute Gasteiger partial charge is 0.495 e. The van der Waals surface area contributed by atoms with Crippen LogP contribution in [0.25, 0.3) is 5.69 Å². The molecule has 0 radical (unpaired) electrons. The van der Waals surface area contributed by atoms with Crippen LogP contribution in [0.1, 0.15) is 12.7 Å². The Morgan fingerprint density at radius 1 is 1.41 bits per heavy atom. The number of ether oxygens (including phenoxy) is 1. The zero-order chi connectivity index (χ0) is 12.4. The average Bonchev–Trinajstić information content (AvgIpc) is 2.70. The Labute approximate surface area is 113 Å². The fraction of sp³-hybridized carbons (Fsp3) is 0.273. The van der Waals surface area contributed by atoms with Crippen molar-refractivity contribution in [3.05, 3.63) is 33.8 Å². The lowest BCUT2D eigenvalue weighted by Crippen LogP contribution is -2.02. The van der Waals surface area contributed by atoms with Gasteiger partial charge in [0.15, 0.2) is 0 Å². The van der Waals surface area contributed by atoms with Gasteiger partial charge in [-0.25, -0.2) is 0 Å². The molecule has 0 atom stereocenters. The third-order valence-electron chi connectivity index (χ3n) is 2.39. The molecule has 0 spiro atoms. The highest BCUT2D eigenvalue weighted by molar-refractivity contribution is 9.10. The van der Waals surface area contributed by atoms with Gasteiger partial charge < -0.3 is 4.74 Å². The van der Waals surface area contributed by atoms with Gasteiger partial charge in [-0.15, -0.1) is 10.2 Å². The molecule has 0 saturated carbocycles. The zero-order valence-corrected chi connectivity index (χ0v) is 11.8. The summed E-state index contributed by atoms with van der Waals surface area (Å²) in [7, 11) is 1.62. The van der Waals surface area contributed by atoms with E-state index in [1.165, 1.54) is 0 Å². The first kappa shape index (κ1) is 12.4. The van der Waals surface area contributed by atoms with Gasteiger partial charge in [-0.3, -0.25) is 4.57 Å². The summed E-state index contributed by atoms with van der Waals surface area (Å²) in [6.45, 7) is 2.00. The summed E-state index contributed by atoms with van der Waals surface area (Å²) in [5.74, 6) is 1.52. The van der Waals surface area contributed by atoms with Crippen LogP contribution in [-0.4, -0.2) is 21.9 Å². The molecule has 1 aromatic heterocycles. The smallest absolute Gasteiger partial charge is 0.229 e. The highest BCUT2D eigenvalue weighted by Gasteiger charge is 2.14. The third-order valence-corrected chi connectivity index (χ3v) is 3.13. The molecule has 17 heavy (non-hydrogen) atoms. The van der Waals surface area contributed by atoms with Crippen molar-refractivity contribution in [1.29, 1.82) is 0 Å². The van der Waals surface area contributed by atoms with Crippen molar-refractivity contribution in [1.82, 2.24) is 14.8 Å². The zero-order valence-electron chi connectivity index (χ0n) is 9.44. The molecule has 1 heterocycles. The molecule has 4 nitrogen and oxygen atoms in total. The third kappa shape index (κ3) is 2.30. The predicted octanol–water partition coefficient (Wildman–Crippen LogP) is 3.25. The number of hydrogen-bond donors (Lipinski definition) is 0. The van der Waals surface area contributed by atoms with Crippen molar-refractivity contribution in [2.24, 2.45) is 0 Å². The maximum absolute atomic E-state index is 6.06. The first-order chi connectivity index (χ1) is 8.17. The monoisotopic (exact) mass is 315 g/mol. The van der Waals surface area contributed by atoms with Crippen molar-refractivity contribution in [3.63, 3.8) is 0 Å². The number of aryl methyl sites for hydroxylation is 1. The van der Waals surface area contributed by atoms with Crippen molar-refractivity contribution >= 4 is 27.5 Å². The van der Waals surface area contributed by atoms with E-state index in [1.54, 1.807) is 11.7 Å². The normalized spacial score (nSPS) is 10.6. The van der Waals surface area contributed by atoms with Crippen LogP contribution in [0.15, 0.2) is 22.7 Å². The van der Waals surface area contributed by atoms with Gasteiger partial charge in [0.1, 0.15) is 11.6 Å². The van der Waals surface area contributed by atoms with Crippen LogP contribution in [0.3, 0.4) is 0 Å². The van der Waals surface area contributed by atoms with Crippen LogP contribution in [0.4, 0.5) is 0 Å². The van der Waals surface area contributed by atoms with Crippen LogP contribution >= 0.6 is 27.5 Å². The number of rotatable bonds is 3. The fourth-order valence-electron chi connectivity index (χ4n) is 1.60. The molecule has 90 valence electrons. The Morgan fingerprint density at radius 2 is 2.18 bits per heavy atom. The predicted molar refractivity (Wildman–Crippen MR) is 70.0 cm³/mol. The van der Waals surface area contributed by atoms with Gasteiger partial charge in [0, 0.05) is 10.9 Å². The van der Waals surface area contributed by atoms with Gasteiger partial charge in [0.25, 0.3) is 0 Å². The summed E-state index contributed by atoms with van der Waals surface area (Å²) in [5.41, 5.74) is 0.828. The van der Waals surface area contributed by atoms with E-state index in [0.29, 0.717) is 5.28 Å². The molecule has 0 saturated heterocycles. The highest BCUT2D eigenvalue weighted by atomic mass is 79.9. The van der Waals surface area contributed by atoms with Crippen molar-refractivity contribution < 1.29 is 4.74 Å². The number of halogens is 2. The molecular formula is C11H11BrClN3O. The standard InChI is InChI=1S/C11H11BrClN3O/c1-3-10-14-15-11(13)16(10)8-6-7(12)4-5-9(8)17-2/h4-6H,3H2,1-2H3. The Balaban J connectivity index is 2.66. The Hall–Kier alpha value is -1.07. The first-order valence-electron chi connectivity index (χ1n) is 5.11. The van der Waals surface area contributed by atoms with E-state index < -0.39 is 0 Å². The molecule has 6 heteroatoms. The molecule has 0 aliphatic carbocycles. The van der Waals surface area contributed by atoms with E-state index in [1.807, 2.05) is 25.1 Å². The number of hydrogen-bond acceptors (Lipinski definition) is 3. The molecular weight excluding hydrogens is 305 g/mol. The number of aromatic nitrogens is 3. The maximum Gasteiger partial charge on any atom is 0.229 e. The molecule has 2 rings (SSSR count). The summed E-state index contributed by atoms with van der Waals surface area (Å²) in [5, 5.41) is 8.23. The quantitative estimate of drug-likeness (QED) is 0.872. The SMILES string of the molecule is CCc1nnc(Cl)n1-c1cc(Br)ccc1OC. The lowest BCUT2D eigenvalue weighted by Gasteiger charge is -2.11. The van der Waals surface area contributed by atoms with Gasteiger partial charge in [-0.05, 0) is 29.8 Å². The Kier molecular flexibility index (Phi) is 3.69. The van der Waals surface area contributed by atoms with Gasteiger partial charge in [0.05, 0.1) is 12.8 Å². The minimum atomic E-state index is 0.332. The first-order valence-corrected chi connectivity index (χ1v) is 6.28. The molecule has 2 aromatic rings. The van der Waals surface area contributed by atoms with Gasteiger partial charge in [0.2, 0.25) is 5.28 Å². The highest BCUT2D eigenvalue weighted by Crippen LogP contribution is 2.29. The summed E-state index contributed by atoms with van der Waals surface area (Å²) in [6.07, 6.45) is 0.745. The van der Waals surface area contributed by atoms with Crippen LogP contribution < -0.4 is 4.74 Å². The Morgan fingerprint density at radius 3 is 2.82 bits per heavy atom. The van der Waals surface area contributed by atoms with Gasteiger partial charge >= 0.3 is 0 Å². The molecule has 0 aliphatic rings. The molecule has 0 amide bonds. The molecule has 0 fully saturated rings. The molecule has 0 aliphatic heterocycles. The minimum absolute atomic E-state index is 0.332. The second-order valence-corrected chi connectivity index (χ2v) is 4.64. The van der Waals surface area contributed by atoms with E-state index in [0.717, 1.165) is 28.2 Å². The number of methoxy groups -OCH3 is 1. The summed E-state index contributed by atoms with van der Waals surface area (Å²) < 4.78 is 8.05. The van der Waals surface area contributed by atoms with Crippen LogP contribution in [0, 0.1) is 0 Å². The second-order valence-electron chi connectivity index (χ2n) is 3.39.